The fraction of sp³-hybridized carbons (Fsp3) is 0.500. The molecule has 0 aromatic carbocycles. The zero-order valence-electron chi connectivity index (χ0n) is 9.89. The number of rotatable bonds is 3. The number of aromatic nitrogens is 4. The van der Waals surface area contributed by atoms with E-state index < -0.39 is 0 Å². The molecule has 2 aromatic heterocycles. The van der Waals surface area contributed by atoms with E-state index in [-0.39, 0.29) is 0 Å². The maximum absolute atomic E-state index is 5.99. The van der Waals surface area contributed by atoms with E-state index in [1.807, 2.05) is 10.9 Å². The molecule has 0 amide bonds. The molecule has 0 spiro atoms. The summed E-state index contributed by atoms with van der Waals surface area (Å²) < 4.78 is 4.79. The van der Waals surface area contributed by atoms with Crippen molar-refractivity contribution in [1.82, 2.24) is 19.6 Å². The molecule has 1 saturated carbocycles. The lowest BCUT2D eigenvalue weighted by Gasteiger charge is -2.08. The van der Waals surface area contributed by atoms with Crippen molar-refractivity contribution >= 4 is 34.2 Å². The second-order valence-corrected chi connectivity index (χ2v) is 6.12. The highest BCUT2D eigenvalue weighted by Crippen LogP contribution is 2.28. The molecule has 0 bridgehead atoms. The van der Waals surface area contributed by atoms with Crippen LogP contribution in [-0.4, -0.2) is 19.6 Å². The molecule has 96 valence electrons. The van der Waals surface area contributed by atoms with Crippen LogP contribution in [0.3, 0.4) is 0 Å². The highest BCUT2D eigenvalue weighted by Gasteiger charge is 2.17. The standard InChI is InChI=1S/C12H14ClIN4/c13-11-8-17(16-12(11)14)7-9-5-6-18(15-9)10-3-1-2-4-10/h5-6,8,10H,1-4,7H2. The van der Waals surface area contributed by atoms with E-state index in [2.05, 4.69) is 49.7 Å². The zero-order chi connectivity index (χ0) is 12.5. The van der Waals surface area contributed by atoms with Crippen LogP contribution in [0.1, 0.15) is 37.4 Å². The zero-order valence-corrected chi connectivity index (χ0v) is 12.8. The summed E-state index contributed by atoms with van der Waals surface area (Å²) in [6.45, 7) is 0.683. The number of hydrogen-bond acceptors (Lipinski definition) is 2. The van der Waals surface area contributed by atoms with Gasteiger partial charge < -0.3 is 0 Å². The Balaban J connectivity index is 1.73. The lowest BCUT2D eigenvalue weighted by molar-refractivity contribution is 0.460. The van der Waals surface area contributed by atoms with Crippen molar-refractivity contribution in [2.45, 2.75) is 38.3 Å². The van der Waals surface area contributed by atoms with Crippen molar-refractivity contribution in [3.63, 3.8) is 0 Å². The molecule has 18 heavy (non-hydrogen) atoms. The normalized spacial score (nSPS) is 16.6. The van der Waals surface area contributed by atoms with Gasteiger partial charge in [0.15, 0.2) is 0 Å². The van der Waals surface area contributed by atoms with Crippen molar-refractivity contribution < 1.29 is 0 Å². The molecule has 0 aliphatic heterocycles. The van der Waals surface area contributed by atoms with E-state index in [0.717, 1.165) is 9.39 Å². The van der Waals surface area contributed by atoms with Crippen LogP contribution in [0.25, 0.3) is 0 Å². The Morgan fingerprint density at radius 1 is 1.33 bits per heavy atom. The van der Waals surface area contributed by atoms with Crippen LogP contribution in [-0.2, 0) is 6.54 Å². The lowest BCUT2D eigenvalue weighted by atomic mass is 10.3. The van der Waals surface area contributed by atoms with Gasteiger partial charge >= 0.3 is 0 Å². The first-order chi connectivity index (χ1) is 8.72. The first kappa shape index (κ1) is 12.5. The number of nitrogens with zero attached hydrogens (tertiary/aromatic N) is 4. The number of halogens is 2. The van der Waals surface area contributed by atoms with Gasteiger partial charge in [-0.25, -0.2) is 0 Å². The Hall–Kier alpha value is -0.560. The first-order valence-corrected chi connectivity index (χ1v) is 7.60. The molecule has 6 heteroatoms. The third-order valence-electron chi connectivity index (χ3n) is 3.36. The summed E-state index contributed by atoms with van der Waals surface area (Å²) in [5.74, 6) is 0. The fourth-order valence-electron chi connectivity index (χ4n) is 2.45. The van der Waals surface area contributed by atoms with Crippen LogP contribution in [0, 0.1) is 3.70 Å². The van der Waals surface area contributed by atoms with Gasteiger partial charge in [0, 0.05) is 12.4 Å². The van der Waals surface area contributed by atoms with Crippen LogP contribution < -0.4 is 0 Å². The van der Waals surface area contributed by atoms with E-state index in [1.54, 1.807) is 0 Å². The van der Waals surface area contributed by atoms with Gasteiger partial charge in [0.2, 0.25) is 0 Å². The van der Waals surface area contributed by atoms with E-state index in [1.165, 1.54) is 25.7 Å². The average Bonchev–Trinajstić information content (AvgIpc) is 3.02. The Labute approximate surface area is 124 Å². The maximum atomic E-state index is 5.99. The van der Waals surface area contributed by atoms with Crippen LogP contribution in [0.4, 0.5) is 0 Å². The molecule has 2 aromatic rings. The van der Waals surface area contributed by atoms with E-state index >= 15 is 0 Å². The molecule has 1 aliphatic carbocycles. The Morgan fingerprint density at radius 3 is 2.78 bits per heavy atom. The van der Waals surface area contributed by atoms with Gasteiger partial charge in [0.05, 0.1) is 23.3 Å². The molecule has 4 nitrogen and oxygen atoms in total. The second-order valence-electron chi connectivity index (χ2n) is 4.69. The third-order valence-corrected chi connectivity index (χ3v) is 4.75. The first-order valence-electron chi connectivity index (χ1n) is 6.15. The molecule has 2 heterocycles. The van der Waals surface area contributed by atoms with Gasteiger partial charge in [-0.1, -0.05) is 24.4 Å². The predicted octanol–water partition coefficient (Wildman–Crippen LogP) is 3.50. The summed E-state index contributed by atoms with van der Waals surface area (Å²) in [7, 11) is 0. The van der Waals surface area contributed by atoms with Gasteiger partial charge in [-0.2, -0.15) is 10.2 Å². The Kier molecular flexibility index (Phi) is 3.61. The van der Waals surface area contributed by atoms with E-state index in [0.29, 0.717) is 17.6 Å². The predicted molar refractivity (Wildman–Crippen MR) is 78.8 cm³/mol. The fourth-order valence-corrected chi connectivity index (χ4v) is 3.02. The minimum absolute atomic E-state index is 0.597. The SMILES string of the molecule is Clc1cn(Cc2ccn(C3CCCC3)n2)nc1I. The highest BCUT2D eigenvalue weighted by molar-refractivity contribution is 14.1. The van der Waals surface area contributed by atoms with E-state index in [4.69, 9.17) is 11.6 Å². The Bertz CT molecular complexity index is 523. The van der Waals surface area contributed by atoms with Crippen LogP contribution in [0.15, 0.2) is 18.5 Å². The molecule has 0 N–H and O–H groups in total. The van der Waals surface area contributed by atoms with Crippen molar-refractivity contribution in [3.8, 4) is 0 Å². The van der Waals surface area contributed by atoms with Gasteiger partial charge in [0.1, 0.15) is 3.70 Å². The minimum Gasteiger partial charge on any atom is -0.269 e. The largest absolute Gasteiger partial charge is 0.269 e. The maximum Gasteiger partial charge on any atom is 0.141 e. The minimum atomic E-state index is 0.597. The van der Waals surface area contributed by atoms with Crippen molar-refractivity contribution in [2.24, 2.45) is 0 Å². The van der Waals surface area contributed by atoms with Crippen molar-refractivity contribution in [1.29, 1.82) is 0 Å². The van der Waals surface area contributed by atoms with Gasteiger partial charge in [-0.3, -0.25) is 9.36 Å². The summed E-state index contributed by atoms with van der Waals surface area (Å²) in [6, 6.07) is 2.67. The van der Waals surface area contributed by atoms with Crippen molar-refractivity contribution in [3.05, 3.63) is 32.9 Å². The molecule has 1 fully saturated rings. The molecular weight excluding hydrogens is 363 g/mol. The average molecular weight is 377 g/mol. The smallest absolute Gasteiger partial charge is 0.141 e. The summed E-state index contributed by atoms with van der Waals surface area (Å²) in [5, 5.41) is 9.67. The van der Waals surface area contributed by atoms with Crippen molar-refractivity contribution in [2.75, 3.05) is 0 Å². The summed E-state index contributed by atoms with van der Waals surface area (Å²) >= 11 is 8.12. The van der Waals surface area contributed by atoms with Crippen LogP contribution >= 0.6 is 34.2 Å². The molecular formula is C12H14ClIN4. The monoisotopic (exact) mass is 376 g/mol. The molecule has 3 rings (SSSR count). The van der Waals surface area contributed by atoms with Crippen LogP contribution in [0.5, 0.6) is 0 Å². The second kappa shape index (κ2) is 5.21. The van der Waals surface area contributed by atoms with E-state index in [9.17, 15) is 0 Å². The molecule has 0 atom stereocenters. The summed E-state index contributed by atoms with van der Waals surface area (Å²) in [4.78, 5) is 0. The quantitative estimate of drug-likeness (QED) is 0.769. The third kappa shape index (κ3) is 2.56. The summed E-state index contributed by atoms with van der Waals surface area (Å²) in [6.07, 6.45) is 9.10. The van der Waals surface area contributed by atoms with Gasteiger partial charge in [-0.05, 0) is 41.5 Å². The highest BCUT2D eigenvalue weighted by atomic mass is 127. The molecule has 0 unspecified atom stereocenters. The van der Waals surface area contributed by atoms with Gasteiger partial charge in [0.25, 0.3) is 0 Å². The Morgan fingerprint density at radius 2 is 2.11 bits per heavy atom. The molecule has 1 aliphatic rings. The van der Waals surface area contributed by atoms with Gasteiger partial charge in [-0.15, -0.1) is 0 Å². The van der Waals surface area contributed by atoms with Crippen LogP contribution in [0.2, 0.25) is 5.02 Å². The topological polar surface area (TPSA) is 35.6 Å². The number of hydrogen-bond donors (Lipinski definition) is 0. The molecule has 0 radical (unpaired) electrons. The summed E-state index contributed by atoms with van der Waals surface area (Å²) in [5.41, 5.74) is 1.04. The molecule has 0 saturated heterocycles. The lowest BCUT2D eigenvalue weighted by Crippen LogP contribution is -2.07.